The van der Waals surface area contributed by atoms with Crippen molar-refractivity contribution >= 4 is 39.5 Å². The molecule has 0 radical (unpaired) electrons. The van der Waals surface area contributed by atoms with Crippen molar-refractivity contribution in [3.63, 3.8) is 0 Å². The number of phosphoric acid groups is 2. The second kappa shape index (κ2) is 62.0. The third-order valence-electron chi connectivity index (χ3n) is 15.4. The SMILES string of the molecule is CCCCCC/C=C\C=C/CCCCCCCC(=O)OC[C@H](COP(=O)(O)OC[C@@H](O)COP(=O)(O)OC[C@@H](COC(=O)CCCCCCCCCC)OC(=O)CCCCCCCCC(C)C)OC(=O)CCCCCCCCCCCCCCCCCC. The second-order valence-corrected chi connectivity index (χ2v) is 27.6. The van der Waals surface area contributed by atoms with Gasteiger partial charge in [0, 0.05) is 25.7 Å². The van der Waals surface area contributed by atoms with Crippen molar-refractivity contribution in [3.05, 3.63) is 24.3 Å². The van der Waals surface area contributed by atoms with Crippen LogP contribution in [0.3, 0.4) is 0 Å². The summed E-state index contributed by atoms with van der Waals surface area (Å²) in [5, 5.41) is 10.6. The lowest BCUT2D eigenvalue weighted by atomic mass is 10.0. The van der Waals surface area contributed by atoms with E-state index in [1.165, 1.54) is 128 Å². The van der Waals surface area contributed by atoms with Gasteiger partial charge in [-0.15, -0.1) is 0 Å². The first-order valence-electron chi connectivity index (χ1n) is 35.5. The molecule has 0 aromatic heterocycles. The highest BCUT2D eigenvalue weighted by atomic mass is 31.2. The number of phosphoric ester groups is 2. The van der Waals surface area contributed by atoms with Gasteiger partial charge in [-0.3, -0.25) is 37.3 Å². The van der Waals surface area contributed by atoms with Gasteiger partial charge in [0.05, 0.1) is 26.4 Å². The van der Waals surface area contributed by atoms with Crippen LogP contribution in [0.25, 0.3) is 0 Å². The van der Waals surface area contributed by atoms with Gasteiger partial charge in [-0.25, -0.2) is 9.13 Å². The van der Waals surface area contributed by atoms with E-state index in [4.69, 9.17) is 37.0 Å². The molecule has 0 aliphatic carbocycles. The molecular weight excluding hydrogens is 1160 g/mol. The molecule has 518 valence electrons. The van der Waals surface area contributed by atoms with Crippen LogP contribution in [0, 0.1) is 5.92 Å². The molecule has 88 heavy (non-hydrogen) atoms. The predicted molar refractivity (Wildman–Crippen MR) is 354 cm³/mol. The Morgan fingerprint density at radius 1 is 0.352 bits per heavy atom. The molecule has 0 bridgehead atoms. The molecule has 0 fully saturated rings. The summed E-state index contributed by atoms with van der Waals surface area (Å²) in [4.78, 5) is 72.3. The topological polar surface area (TPSA) is 237 Å². The van der Waals surface area contributed by atoms with E-state index in [0.717, 1.165) is 116 Å². The first-order valence-corrected chi connectivity index (χ1v) is 38.4. The number of carbonyl (C=O) groups is 4. The van der Waals surface area contributed by atoms with Gasteiger partial charge < -0.3 is 33.8 Å². The minimum absolute atomic E-state index is 0.0998. The molecule has 0 spiro atoms. The standard InChI is InChI=1S/C69H130O17P2/c1-6-9-12-15-18-21-23-25-27-29-31-33-35-38-44-49-54-68(73)85-64(58-80-67(72)53-48-43-37-34-32-30-28-26-24-22-19-16-13-10-7-2)60-83-87(75,76)81-56-63(70)57-82-88(77,78)84-61-65(59-79-66(71)52-47-42-36-20-17-14-11-8-3)86-69(74)55-50-45-40-39-41-46-51-62(4)5/h22,24,26,28,62-65,70H,6-21,23,25,27,29-61H2,1-5H3,(H,75,76)(H,77,78)/b24-22-,28-26-/t63-,64-,65-/m1/s1. The maximum absolute atomic E-state index is 13.0. The fourth-order valence-electron chi connectivity index (χ4n) is 9.93. The average Bonchev–Trinajstić information content (AvgIpc) is 3.69. The van der Waals surface area contributed by atoms with Crippen molar-refractivity contribution in [1.29, 1.82) is 0 Å². The Kier molecular flexibility index (Phi) is 60.3. The van der Waals surface area contributed by atoms with Crippen molar-refractivity contribution in [1.82, 2.24) is 0 Å². The lowest BCUT2D eigenvalue weighted by molar-refractivity contribution is -0.161. The number of rotatable bonds is 67. The summed E-state index contributed by atoms with van der Waals surface area (Å²) in [6, 6.07) is 0. The molecule has 0 aromatic carbocycles. The third kappa shape index (κ3) is 62.4. The molecule has 0 aromatic rings. The van der Waals surface area contributed by atoms with Gasteiger partial charge in [-0.1, -0.05) is 277 Å². The highest BCUT2D eigenvalue weighted by molar-refractivity contribution is 7.47. The van der Waals surface area contributed by atoms with Crippen molar-refractivity contribution < 1.29 is 80.2 Å². The summed E-state index contributed by atoms with van der Waals surface area (Å²) in [7, 11) is -9.90. The van der Waals surface area contributed by atoms with Gasteiger partial charge in [-0.05, 0) is 57.3 Å². The maximum atomic E-state index is 13.0. The molecule has 0 rings (SSSR count). The molecule has 5 atom stereocenters. The molecule has 3 N–H and O–H groups in total. The van der Waals surface area contributed by atoms with E-state index in [1.54, 1.807) is 0 Å². The Labute approximate surface area is 535 Å². The normalized spacial score (nSPS) is 14.3. The first kappa shape index (κ1) is 85.5. The summed E-state index contributed by atoms with van der Waals surface area (Å²) in [6.07, 6.45) is 51.0. The van der Waals surface area contributed by atoms with Crippen LogP contribution in [0.15, 0.2) is 24.3 Å². The number of hydrogen-bond donors (Lipinski definition) is 3. The van der Waals surface area contributed by atoms with Crippen LogP contribution in [0.4, 0.5) is 0 Å². The number of esters is 4. The molecule has 19 heteroatoms. The largest absolute Gasteiger partial charge is 0.472 e. The van der Waals surface area contributed by atoms with Crippen LogP contribution in [0.5, 0.6) is 0 Å². The van der Waals surface area contributed by atoms with Crippen LogP contribution >= 0.6 is 15.6 Å². The minimum atomic E-state index is -4.96. The van der Waals surface area contributed by atoms with Crippen LogP contribution in [-0.4, -0.2) is 96.7 Å². The highest BCUT2D eigenvalue weighted by Gasteiger charge is 2.30. The van der Waals surface area contributed by atoms with Gasteiger partial charge in [0.1, 0.15) is 19.3 Å². The van der Waals surface area contributed by atoms with E-state index in [-0.39, 0.29) is 25.7 Å². The zero-order chi connectivity index (χ0) is 64.9. The van der Waals surface area contributed by atoms with Gasteiger partial charge in [0.15, 0.2) is 12.2 Å². The Bertz CT molecular complexity index is 1800. The van der Waals surface area contributed by atoms with Crippen LogP contribution in [-0.2, 0) is 65.4 Å². The van der Waals surface area contributed by atoms with Crippen LogP contribution in [0.2, 0.25) is 0 Å². The Balaban J connectivity index is 5.24. The van der Waals surface area contributed by atoms with E-state index >= 15 is 0 Å². The zero-order valence-electron chi connectivity index (χ0n) is 56.3. The van der Waals surface area contributed by atoms with Crippen molar-refractivity contribution in [3.8, 4) is 0 Å². The zero-order valence-corrected chi connectivity index (χ0v) is 58.1. The molecule has 0 amide bonds. The second-order valence-electron chi connectivity index (χ2n) is 24.7. The van der Waals surface area contributed by atoms with Gasteiger partial charge >= 0.3 is 39.5 Å². The number of allylic oxidation sites excluding steroid dienone is 4. The van der Waals surface area contributed by atoms with Gasteiger partial charge in [0.2, 0.25) is 0 Å². The van der Waals surface area contributed by atoms with Crippen molar-refractivity contribution in [2.45, 2.75) is 348 Å². The lowest BCUT2D eigenvalue weighted by Gasteiger charge is -2.21. The van der Waals surface area contributed by atoms with Crippen molar-refractivity contribution in [2.24, 2.45) is 5.92 Å². The summed E-state index contributed by atoms with van der Waals surface area (Å²) >= 11 is 0. The van der Waals surface area contributed by atoms with Crippen LogP contribution in [0.1, 0.15) is 330 Å². The quantitative estimate of drug-likeness (QED) is 0.0169. The average molecular weight is 1290 g/mol. The van der Waals surface area contributed by atoms with E-state index in [9.17, 15) is 43.2 Å². The lowest BCUT2D eigenvalue weighted by Crippen LogP contribution is -2.30. The fraction of sp³-hybridized carbons (Fsp3) is 0.884. The monoisotopic (exact) mass is 1290 g/mol. The van der Waals surface area contributed by atoms with E-state index in [0.29, 0.717) is 31.6 Å². The van der Waals surface area contributed by atoms with E-state index in [1.807, 2.05) is 0 Å². The molecule has 0 saturated heterocycles. The minimum Gasteiger partial charge on any atom is -0.462 e. The number of carbonyl (C=O) groups excluding carboxylic acids is 4. The number of hydrogen-bond acceptors (Lipinski definition) is 15. The number of ether oxygens (including phenoxy) is 4. The molecule has 0 aliphatic rings. The number of aliphatic hydroxyl groups is 1. The van der Waals surface area contributed by atoms with E-state index < -0.39 is 97.5 Å². The van der Waals surface area contributed by atoms with Gasteiger partial charge in [-0.2, -0.15) is 0 Å². The molecular formula is C69H130O17P2. The first-order chi connectivity index (χ1) is 42.5. The Morgan fingerprint density at radius 3 is 0.932 bits per heavy atom. The summed E-state index contributed by atoms with van der Waals surface area (Å²) in [5.74, 6) is -1.49. The summed E-state index contributed by atoms with van der Waals surface area (Å²) in [5.41, 5.74) is 0. The summed E-state index contributed by atoms with van der Waals surface area (Å²) < 4.78 is 68.1. The molecule has 2 unspecified atom stereocenters. The third-order valence-corrected chi connectivity index (χ3v) is 17.3. The van der Waals surface area contributed by atoms with Crippen molar-refractivity contribution in [2.75, 3.05) is 39.6 Å². The Morgan fingerprint density at radius 2 is 0.614 bits per heavy atom. The predicted octanol–water partition coefficient (Wildman–Crippen LogP) is 19.3. The maximum Gasteiger partial charge on any atom is 0.472 e. The Hall–Kier alpha value is -2.46. The number of unbranched alkanes of at least 4 members (excludes halogenated alkanes) is 36. The fourth-order valence-corrected chi connectivity index (χ4v) is 11.5. The molecule has 0 aliphatic heterocycles. The highest BCUT2D eigenvalue weighted by Crippen LogP contribution is 2.45. The summed E-state index contributed by atoms with van der Waals surface area (Å²) in [6.45, 7) is 7.05. The van der Waals surface area contributed by atoms with Crippen LogP contribution < -0.4 is 0 Å². The molecule has 17 nitrogen and oxygen atoms in total. The molecule has 0 saturated carbocycles. The smallest absolute Gasteiger partial charge is 0.462 e. The number of aliphatic hydroxyl groups excluding tert-OH is 1. The molecule has 0 heterocycles. The van der Waals surface area contributed by atoms with Gasteiger partial charge in [0.25, 0.3) is 0 Å². The van der Waals surface area contributed by atoms with E-state index in [2.05, 4.69) is 58.9 Å².